The van der Waals surface area contributed by atoms with Gasteiger partial charge in [-0.1, -0.05) is 25.1 Å². The Labute approximate surface area is 124 Å². The van der Waals surface area contributed by atoms with Gasteiger partial charge in [0.1, 0.15) is 5.76 Å². The number of aromatic nitrogens is 2. The molecule has 2 aromatic heterocycles. The number of nitrogens with zero attached hydrogens (tertiary/aromatic N) is 2. The van der Waals surface area contributed by atoms with Crippen molar-refractivity contribution in [2.75, 3.05) is 0 Å². The molecule has 4 nitrogen and oxygen atoms in total. The Hall–Kier alpha value is -2.07. The summed E-state index contributed by atoms with van der Waals surface area (Å²) in [5.41, 5.74) is 9.70. The van der Waals surface area contributed by atoms with Crippen molar-refractivity contribution in [2.45, 2.75) is 39.3 Å². The Balaban J connectivity index is 1.95. The summed E-state index contributed by atoms with van der Waals surface area (Å²) < 4.78 is 7.52. The van der Waals surface area contributed by atoms with Crippen molar-refractivity contribution in [3.63, 3.8) is 0 Å². The standard InChI is InChI=1S/C17H21N3O/c1-3-17-12(9-10-21-17)14(18)11-15-13-7-5-6-8-16(13)20(4-2)19-15/h5-10,14H,3-4,11,18H2,1-2H3. The molecule has 0 bridgehead atoms. The molecule has 0 aliphatic rings. The maximum Gasteiger partial charge on any atom is 0.108 e. The van der Waals surface area contributed by atoms with Crippen molar-refractivity contribution >= 4 is 10.9 Å². The number of para-hydroxylation sites is 1. The first-order valence-corrected chi connectivity index (χ1v) is 7.50. The molecule has 0 saturated carbocycles. The Morgan fingerprint density at radius 3 is 2.81 bits per heavy atom. The molecule has 3 rings (SSSR count). The summed E-state index contributed by atoms with van der Waals surface area (Å²) >= 11 is 0. The van der Waals surface area contributed by atoms with Gasteiger partial charge in [-0.05, 0) is 19.1 Å². The largest absolute Gasteiger partial charge is 0.469 e. The average Bonchev–Trinajstić information content (AvgIpc) is 3.12. The van der Waals surface area contributed by atoms with E-state index in [0.29, 0.717) is 0 Å². The van der Waals surface area contributed by atoms with E-state index >= 15 is 0 Å². The molecule has 3 aromatic rings. The van der Waals surface area contributed by atoms with Crippen LogP contribution >= 0.6 is 0 Å². The molecule has 1 atom stereocenters. The van der Waals surface area contributed by atoms with E-state index in [4.69, 9.17) is 15.2 Å². The number of benzene rings is 1. The second kappa shape index (κ2) is 5.74. The SMILES string of the molecule is CCc1occc1C(N)Cc1nn(CC)c2ccccc12. The predicted molar refractivity (Wildman–Crippen MR) is 84.1 cm³/mol. The van der Waals surface area contributed by atoms with E-state index in [9.17, 15) is 0 Å². The molecule has 1 unspecified atom stereocenters. The van der Waals surface area contributed by atoms with Crippen molar-refractivity contribution in [2.24, 2.45) is 5.73 Å². The molecule has 0 spiro atoms. The highest BCUT2D eigenvalue weighted by molar-refractivity contribution is 5.82. The third kappa shape index (κ3) is 2.47. The van der Waals surface area contributed by atoms with Crippen molar-refractivity contribution in [3.8, 4) is 0 Å². The van der Waals surface area contributed by atoms with Gasteiger partial charge in [0.25, 0.3) is 0 Å². The zero-order valence-corrected chi connectivity index (χ0v) is 12.5. The summed E-state index contributed by atoms with van der Waals surface area (Å²) in [6, 6.07) is 10.2. The van der Waals surface area contributed by atoms with Crippen molar-refractivity contribution in [1.82, 2.24) is 9.78 Å². The van der Waals surface area contributed by atoms with Crippen LogP contribution in [-0.2, 0) is 19.4 Å². The first-order valence-electron chi connectivity index (χ1n) is 7.50. The second-order valence-corrected chi connectivity index (χ2v) is 5.24. The molecule has 0 aliphatic carbocycles. The number of nitrogens with two attached hydrogens (primary N) is 1. The lowest BCUT2D eigenvalue weighted by atomic mass is 10.0. The summed E-state index contributed by atoms with van der Waals surface area (Å²) in [5, 5.41) is 5.91. The van der Waals surface area contributed by atoms with Crippen LogP contribution in [0.2, 0.25) is 0 Å². The van der Waals surface area contributed by atoms with Crippen molar-refractivity contribution < 1.29 is 4.42 Å². The van der Waals surface area contributed by atoms with Crippen LogP contribution in [0.25, 0.3) is 10.9 Å². The number of furan rings is 1. The first kappa shape index (κ1) is 13.9. The smallest absolute Gasteiger partial charge is 0.108 e. The van der Waals surface area contributed by atoms with E-state index in [1.165, 1.54) is 10.9 Å². The molecule has 2 N–H and O–H groups in total. The van der Waals surface area contributed by atoms with Gasteiger partial charge in [-0.25, -0.2) is 0 Å². The molecule has 4 heteroatoms. The van der Waals surface area contributed by atoms with Crippen LogP contribution in [0.4, 0.5) is 0 Å². The van der Waals surface area contributed by atoms with Crippen molar-refractivity contribution in [3.05, 3.63) is 53.6 Å². The monoisotopic (exact) mass is 283 g/mol. The van der Waals surface area contributed by atoms with Crippen LogP contribution in [0.1, 0.15) is 36.9 Å². The highest BCUT2D eigenvalue weighted by Gasteiger charge is 2.17. The van der Waals surface area contributed by atoms with Gasteiger partial charge in [0.05, 0.1) is 17.5 Å². The molecule has 0 saturated heterocycles. The lowest BCUT2D eigenvalue weighted by molar-refractivity contribution is 0.504. The molecule has 2 heterocycles. The Morgan fingerprint density at radius 2 is 2.05 bits per heavy atom. The van der Waals surface area contributed by atoms with Crippen LogP contribution in [0.5, 0.6) is 0 Å². The number of aryl methyl sites for hydroxylation is 2. The van der Waals surface area contributed by atoms with Crippen molar-refractivity contribution in [1.29, 1.82) is 0 Å². The molecule has 1 aromatic carbocycles. The minimum absolute atomic E-state index is 0.0812. The van der Waals surface area contributed by atoms with Crippen LogP contribution in [0.15, 0.2) is 41.0 Å². The topological polar surface area (TPSA) is 57.0 Å². The average molecular weight is 283 g/mol. The second-order valence-electron chi connectivity index (χ2n) is 5.24. The van der Waals surface area contributed by atoms with E-state index in [2.05, 4.69) is 26.0 Å². The molecule has 21 heavy (non-hydrogen) atoms. The predicted octanol–water partition coefficient (Wildman–Crippen LogP) is 3.45. The normalized spacial score (nSPS) is 12.9. The molecule has 110 valence electrons. The van der Waals surface area contributed by atoms with Gasteiger partial charge in [0, 0.05) is 36.4 Å². The van der Waals surface area contributed by atoms with E-state index in [1.54, 1.807) is 6.26 Å². The third-order valence-corrected chi connectivity index (χ3v) is 3.95. The van der Waals surface area contributed by atoms with Gasteiger partial charge in [0.15, 0.2) is 0 Å². The lowest BCUT2D eigenvalue weighted by Gasteiger charge is -2.10. The number of hydrogen-bond acceptors (Lipinski definition) is 3. The zero-order chi connectivity index (χ0) is 14.8. The fourth-order valence-corrected chi connectivity index (χ4v) is 2.87. The number of hydrogen-bond donors (Lipinski definition) is 1. The Morgan fingerprint density at radius 1 is 1.24 bits per heavy atom. The molecule has 0 radical (unpaired) electrons. The van der Waals surface area contributed by atoms with E-state index in [1.807, 2.05) is 22.9 Å². The fraction of sp³-hybridized carbons (Fsp3) is 0.353. The number of rotatable bonds is 5. The van der Waals surface area contributed by atoms with Crippen LogP contribution in [-0.4, -0.2) is 9.78 Å². The van der Waals surface area contributed by atoms with Gasteiger partial charge in [-0.3, -0.25) is 4.68 Å². The summed E-state index contributed by atoms with van der Waals surface area (Å²) in [6.07, 6.45) is 3.30. The summed E-state index contributed by atoms with van der Waals surface area (Å²) in [7, 11) is 0. The van der Waals surface area contributed by atoms with Gasteiger partial charge < -0.3 is 10.2 Å². The van der Waals surface area contributed by atoms with Gasteiger partial charge >= 0.3 is 0 Å². The Bertz CT molecular complexity index is 741. The maximum absolute atomic E-state index is 6.38. The number of fused-ring (bicyclic) bond motifs is 1. The highest BCUT2D eigenvalue weighted by atomic mass is 16.3. The first-order chi connectivity index (χ1) is 10.2. The summed E-state index contributed by atoms with van der Waals surface area (Å²) in [5.74, 6) is 0.974. The Kier molecular flexibility index (Phi) is 3.80. The van der Waals surface area contributed by atoms with E-state index < -0.39 is 0 Å². The summed E-state index contributed by atoms with van der Waals surface area (Å²) in [4.78, 5) is 0. The van der Waals surface area contributed by atoms with E-state index in [-0.39, 0.29) is 6.04 Å². The quantitative estimate of drug-likeness (QED) is 0.780. The van der Waals surface area contributed by atoms with Gasteiger partial charge in [-0.2, -0.15) is 5.10 Å². The van der Waals surface area contributed by atoms with Crippen LogP contribution in [0, 0.1) is 0 Å². The van der Waals surface area contributed by atoms with E-state index in [0.717, 1.165) is 36.4 Å². The molecule has 0 amide bonds. The highest BCUT2D eigenvalue weighted by Crippen LogP contribution is 2.25. The fourth-order valence-electron chi connectivity index (χ4n) is 2.87. The minimum atomic E-state index is -0.0812. The molecule has 0 aliphatic heterocycles. The molecule has 0 fully saturated rings. The third-order valence-electron chi connectivity index (χ3n) is 3.95. The van der Waals surface area contributed by atoms with Gasteiger partial charge in [0.2, 0.25) is 0 Å². The zero-order valence-electron chi connectivity index (χ0n) is 12.5. The summed E-state index contributed by atoms with van der Waals surface area (Å²) in [6.45, 7) is 5.05. The van der Waals surface area contributed by atoms with Gasteiger partial charge in [-0.15, -0.1) is 0 Å². The van der Waals surface area contributed by atoms with Crippen LogP contribution in [0.3, 0.4) is 0 Å². The molecular formula is C17H21N3O. The maximum atomic E-state index is 6.38. The molecular weight excluding hydrogens is 262 g/mol. The van der Waals surface area contributed by atoms with Crippen LogP contribution < -0.4 is 5.73 Å². The minimum Gasteiger partial charge on any atom is -0.469 e. The lowest BCUT2D eigenvalue weighted by Crippen LogP contribution is -2.15.